The van der Waals surface area contributed by atoms with Crippen LogP contribution in [-0.4, -0.2) is 76.8 Å². The second-order valence-electron chi connectivity index (χ2n) is 7.59. The summed E-state index contributed by atoms with van der Waals surface area (Å²) in [5, 5.41) is 2.75. The molecule has 0 spiro atoms. The Labute approximate surface area is 167 Å². The van der Waals surface area contributed by atoms with E-state index in [-0.39, 0.29) is 29.8 Å². The minimum Gasteiger partial charge on any atom is -0.344 e. The van der Waals surface area contributed by atoms with Gasteiger partial charge in [0.25, 0.3) is 11.8 Å². The first-order chi connectivity index (χ1) is 13.1. The molecule has 1 aliphatic rings. The highest BCUT2D eigenvalue weighted by Crippen LogP contribution is 2.25. The normalized spacial score (nSPS) is 16.4. The lowest BCUT2D eigenvalue weighted by molar-refractivity contribution is -0.862. The summed E-state index contributed by atoms with van der Waals surface area (Å²) in [6.07, 6.45) is 2.79. The van der Waals surface area contributed by atoms with Crippen LogP contribution >= 0.6 is 0 Å². The number of amides is 2. The number of anilines is 1. The van der Waals surface area contributed by atoms with Gasteiger partial charge in [-0.1, -0.05) is 12.5 Å². The van der Waals surface area contributed by atoms with Gasteiger partial charge >= 0.3 is 0 Å². The second-order valence-corrected chi connectivity index (χ2v) is 9.50. The summed E-state index contributed by atoms with van der Waals surface area (Å²) in [4.78, 5) is 26.5. The molecule has 0 radical (unpaired) electrons. The minimum absolute atomic E-state index is 0.0597. The molecule has 1 fully saturated rings. The van der Waals surface area contributed by atoms with Gasteiger partial charge in [0.1, 0.15) is 0 Å². The van der Waals surface area contributed by atoms with Crippen LogP contribution in [0, 0.1) is 6.92 Å². The second kappa shape index (κ2) is 9.49. The maximum atomic E-state index is 13.0. The summed E-state index contributed by atoms with van der Waals surface area (Å²) in [5.41, 5.74) is 1.10. The molecular weight excluding hydrogens is 380 g/mol. The fourth-order valence-corrected chi connectivity index (χ4v) is 4.93. The van der Waals surface area contributed by atoms with Crippen LogP contribution in [-0.2, 0) is 19.6 Å². The summed E-state index contributed by atoms with van der Waals surface area (Å²) in [6.45, 7) is 3.15. The van der Waals surface area contributed by atoms with Crippen LogP contribution in [0.15, 0.2) is 23.1 Å². The monoisotopic (exact) mass is 411 g/mol. The van der Waals surface area contributed by atoms with E-state index in [0.717, 1.165) is 24.2 Å². The molecule has 156 valence electrons. The molecule has 1 aliphatic heterocycles. The van der Waals surface area contributed by atoms with E-state index in [0.29, 0.717) is 24.3 Å². The van der Waals surface area contributed by atoms with Crippen molar-refractivity contribution >= 4 is 27.5 Å². The third-order valence-corrected chi connectivity index (χ3v) is 6.86. The summed E-state index contributed by atoms with van der Waals surface area (Å²) in [7, 11) is 1.54. The van der Waals surface area contributed by atoms with Crippen LogP contribution in [0.1, 0.15) is 24.8 Å². The van der Waals surface area contributed by atoms with Crippen LogP contribution in [0.25, 0.3) is 0 Å². The molecule has 0 aliphatic carbocycles. The third-order valence-electron chi connectivity index (χ3n) is 4.82. The van der Waals surface area contributed by atoms with Crippen molar-refractivity contribution < 1.29 is 22.9 Å². The molecule has 1 aromatic carbocycles. The Kier molecular flexibility index (Phi) is 7.56. The van der Waals surface area contributed by atoms with Crippen molar-refractivity contribution in [3.63, 3.8) is 0 Å². The van der Waals surface area contributed by atoms with Gasteiger partial charge in [0.05, 0.1) is 11.9 Å². The average molecular weight is 412 g/mol. The zero-order valence-corrected chi connectivity index (χ0v) is 17.9. The molecule has 0 aromatic heterocycles. The molecule has 2 rings (SSSR count). The Bertz CT molecular complexity index is 817. The molecule has 8 nitrogen and oxygen atoms in total. The molecule has 9 heteroatoms. The van der Waals surface area contributed by atoms with Gasteiger partial charge in [-0.3, -0.25) is 9.59 Å². The molecule has 28 heavy (non-hydrogen) atoms. The van der Waals surface area contributed by atoms with E-state index < -0.39 is 10.0 Å². The number of hydrogen-bond donors (Lipinski definition) is 2. The third kappa shape index (κ3) is 5.76. The summed E-state index contributed by atoms with van der Waals surface area (Å²) in [5.74, 6) is -0.329. The van der Waals surface area contributed by atoms with Crippen molar-refractivity contribution in [2.45, 2.75) is 31.1 Å². The zero-order valence-electron chi connectivity index (χ0n) is 17.1. The number of sulfonamides is 1. The standard InChI is InChI=1S/C19H30N4O4S/c1-15-8-9-16(20-18(24)13-22(4)14-19(25)21(2)3)12-17(15)28(26,27)23-10-6-5-7-11-23/h8-9,12H,5-7,10-11,13-14H2,1-4H3,(H,20,24)/p+1. The smallest absolute Gasteiger partial charge is 0.279 e. The highest BCUT2D eigenvalue weighted by atomic mass is 32.2. The first-order valence-corrected chi connectivity index (χ1v) is 11.0. The number of rotatable bonds is 7. The molecule has 1 atom stereocenters. The Balaban J connectivity index is 2.08. The van der Waals surface area contributed by atoms with Gasteiger partial charge in [0.2, 0.25) is 10.0 Å². The van der Waals surface area contributed by atoms with Crippen LogP contribution < -0.4 is 10.2 Å². The average Bonchev–Trinajstić information content (AvgIpc) is 2.63. The zero-order chi connectivity index (χ0) is 20.9. The van der Waals surface area contributed by atoms with Gasteiger partial charge < -0.3 is 15.1 Å². The minimum atomic E-state index is -3.57. The molecule has 0 bridgehead atoms. The number of quaternary nitrogens is 1. The molecule has 0 saturated carbocycles. The number of carbonyl (C=O) groups is 2. The van der Waals surface area contributed by atoms with Crippen LogP contribution in [0.5, 0.6) is 0 Å². The summed E-state index contributed by atoms with van der Waals surface area (Å²) in [6, 6.07) is 4.93. The lowest BCUT2D eigenvalue weighted by Crippen LogP contribution is -3.11. The van der Waals surface area contributed by atoms with Crippen LogP contribution in [0.2, 0.25) is 0 Å². The van der Waals surface area contributed by atoms with Crippen LogP contribution in [0.4, 0.5) is 5.69 Å². The summed E-state index contributed by atoms with van der Waals surface area (Å²) < 4.78 is 27.5. The number of likely N-dealkylation sites (N-methyl/N-ethyl adjacent to an activating group) is 2. The number of benzene rings is 1. The van der Waals surface area contributed by atoms with Gasteiger partial charge in [0, 0.05) is 32.9 Å². The van der Waals surface area contributed by atoms with Gasteiger partial charge in [-0.05, 0) is 37.5 Å². The Hall–Kier alpha value is -1.97. The van der Waals surface area contributed by atoms with Crippen molar-refractivity contribution in [3.05, 3.63) is 23.8 Å². The molecule has 1 heterocycles. The largest absolute Gasteiger partial charge is 0.344 e. The van der Waals surface area contributed by atoms with Crippen molar-refractivity contribution in [1.29, 1.82) is 0 Å². The SMILES string of the molecule is Cc1ccc(NC(=O)C[NH+](C)CC(=O)N(C)C)cc1S(=O)(=O)N1CCCCC1. The lowest BCUT2D eigenvalue weighted by Gasteiger charge is -2.26. The molecule has 1 aromatic rings. The Morgan fingerprint density at radius 3 is 2.39 bits per heavy atom. The van der Waals surface area contributed by atoms with E-state index in [1.54, 1.807) is 40.2 Å². The van der Waals surface area contributed by atoms with E-state index in [9.17, 15) is 18.0 Å². The molecule has 1 unspecified atom stereocenters. The van der Waals surface area contributed by atoms with Crippen LogP contribution in [0.3, 0.4) is 0 Å². The molecular formula is C19H31N4O4S+. The predicted molar refractivity (Wildman–Crippen MR) is 108 cm³/mol. The Morgan fingerprint density at radius 1 is 1.14 bits per heavy atom. The maximum absolute atomic E-state index is 13.0. The van der Waals surface area contributed by atoms with E-state index in [4.69, 9.17) is 0 Å². The first-order valence-electron chi connectivity index (χ1n) is 9.53. The van der Waals surface area contributed by atoms with Gasteiger partial charge in [-0.25, -0.2) is 8.42 Å². The number of aryl methyl sites for hydroxylation is 1. The van der Waals surface area contributed by atoms with E-state index in [1.807, 2.05) is 0 Å². The number of nitrogens with zero attached hydrogens (tertiary/aromatic N) is 2. The lowest BCUT2D eigenvalue weighted by atomic mass is 10.2. The van der Waals surface area contributed by atoms with E-state index in [2.05, 4.69) is 5.32 Å². The number of piperidine rings is 1. The fraction of sp³-hybridized carbons (Fsp3) is 0.579. The number of hydrogen-bond acceptors (Lipinski definition) is 4. The van der Waals surface area contributed by atoms with Crippen molar-refractivity contribution in [1.82, 2.24) is 9.21 Å². The number of nitrogens with one attached hydrogen (secondary N) is 2. The van der Waals surface area contributed by atoms with E-state index in [1.165, 1.54) is 15.3 Å². The van der Waals surface area contributed by atoms with E-state index >= 15 is 0 Å². The van der Waals surface area contributed by atoms with Crippen molar-refractivity contribution in [2.75, 3.05) is 52.6 Å². The van der Waals surface area contributed by atoms with Crippen molar-refractivity contribution in [3.8, 4) is 0 Å². The van der Waals surface area contributed by atoms with Crippen molar-refractivity contribution in [2.24, 2.45) is 0 Å². The van der Waals surface area contributed by atoms with Gasteiger partial charge in [0.15, 0.2) is 13.1 Å². The Morgan fingerprint density at radius 2 is 1.79 bits per heavy atom. The molecule has 1 saturated heterocycles. The molecule has 2 N–H and O–H groups in total. The van der Waals surface area contributed by atoms with Gasteiger partial charge in [-0.15, -0.1) is 0 Å². The topological polar surface area (TPSA) is 91.2 Å². The quantitative estimate of drug-likeness (QED) is 0.645. The number of carbonyl (C=O) groups excluding carboxylic acids is 2. The van der Waals surface area contributed by atoms with Gasteiger partial charge in [-0.2, -0.15) is 4.31 Å². The highest BCUT2D eigenvalue weighted by Gasteiger charge is 2.27. The first kappa shape index (κ1) is 22.3. The predicted octanol–water partition coefficient (Wildman–Crippen LogP) is -0.289. The highest BCUT2D eigenvalue weighted by molar-refractivity contribution is 7.89. The maximum Gasteiger partial charge on any atom is 0.279 e. The summed E-state index contributed by atoms with van der Waals surface area (Å²) >= 11 is 0. The molecule has 2 amide bonds. The fourth-order valence-electron chi connectivity index (χ4n) is 3.16.